The molecule has 2 N–H and O–H groups in total. The van der Waals surface area contributed by atoms with Crippen LogP contribution in [0.5, 0.6) is 0 Å². The van der Waals surface area contributed by atoms with Gasteiger partial charge in [0.1, 0.15) is 16.8 Å². The smallest absolute Gasteiger partial charge is 0.434 e. The van der Waals surface area contributed by atoms with Gasteiger partial charge in [-0.1, -0.05) is 30.7 Å². The Kier molecular flexibility index (Phi) is 6.24. The lowest BCUT2D eigenvalue weighted by atomic mass is 9.87. The van der Waals surface area contributed by atoms with Gasteiger partial charge in [-0.15, -0.1) is 9.40 Å². The lowest BCUT2D eigenvalue weighted by Crippen LogP contribution is -2.53. The molecule has 1 aliphatic heterocycles. The lowest BCUT2D eigenvalue weighted by molar-refractivity contribution is 0.0692. The van der Waals surface area contributed by atoms with Gasteiger partial charge >= 0.3 is 11.7 Å². The second-order valence-electron chi connectivity index (χ2n) is 8.30. The summed E-state index contributed by atoms with van der Waals surface area (Å²) >= 11 is 6.64. The van der Waals surface area contributed by atoms with E-state index >= 15 is 4.39 Å². The van der Waals surface area contributed by atoms with Gasteiger partial charge in [0, 0.05) is 13.0 Å². The van der Waals surface area contributed by atoms with E-state index in [-0.39, 0.29) is 17.1 Å². The predicted molar refractivity (Wildman–Crippen MR) is 125 cm³/mol. The van der Waals surface area contributed by atoms with Crippen molar-refractivity contribution in [3.05, 3.63) is 74.8 Å². The van der Waals surface area contributed by atoms with Gasteiger partial charge in [0.05, 0.1) is 11.3 Å². The van der Waals surface area contributed by atoms with Crippen molar-refractivity contribution in [1.82, 2.24) is 14.5 Å². The van der Waals surface area contributed by atoms with Crippen LogP contribution in [0.4, 0.5) is 10.1 Å². The zero-order valence-electron chi connectivity index (χ0n) is 19.1. The van der Waals surface area contributed by atoms with Crippen molar-refractivity contribution >= 4 is 33.3 Å². The average Bonchev–Trinajstić information content (AvgIpc) is 3.23. The molecule has 0 bridgehead atoms. The summed E-state index contributed by atoms with van der Waals surface area (Å²) in [6.07, 6.45) is 0. The van der Waals surface area contributed by atoms with E-state index in [2.05, 4.69) is 10.2 Å². The molecule has 0 amide bonds. The number of aromatic carboxylic acids is 1. The van der Waals surface area contributed by atoms with E-state index < -0.39 is 55.6 Å². The fourth-order valence-electron chi connectivity index (χ4n) is 4.46. The molecule has 0 saturated heterocycles. The number of carbonyl (C=O) groups is 1. The van der Waals surface area contributed by atoms with Crippen LogP contribution in [0, 0.1) is 19.7 Å². The number of aryl methyl sites for hydroxylation is 1. The Morgan fingerprint density at radius 2 is 1.97 bits per heavy atom. The number of halogens is 2. The van der Waals surface area contributed by atoms with Gasteiger partial charge < -0.3 is 14.4 Å². The van der Waals surface area contributed by atoms with Crippen molar-refractivity contribution in [1.29, 1.82) is 0 Å². The van der Waals surface area contributed by atoms with Gasteiger partial charge in [-0.3, -0.25) is 0 Å². The van der Waals surface area contributed by atoms with E-state index in [0.717, 1.165) is 15.9 Å². The number of nitrogens with zero attached hydrogens (tertiary/aromatic N) is 3. The minimum atomic E-state index is -4.63. The van der Waals surface area contributed by atoms with E-state index in [4.69, 9.17) is 16.0 Å². The molecule has 2 aromatic carbocycles. The number of alkyl halides is 1. The fraction of sp³-hybridized carbons (Fsp3) is 0.318. The Bertz CT molecular complexity index is 1490. The number of nitrogens with one attached hydrogen (secondary N) is 1. The number of carboxylic acid groups (broad SMARTS) is 1. The monoisotopic (exact) mass is 524 g/mol. The summed E-state index contributed by atoms with van der Waals surface area (Å²) in [6, 6.07) is 5.45. The van der Waals surface area contributed by atoms with Crippen LogP contribution in [0.2, 0.25) is 0 Å². The van der Waals surface area contributed by atoms with Crippen LogP contribution >= 0.6 is 11.6 Å². The van der Waals surface area contributed by atoms with Crippen LogP contribution in [-0.2, 0) is 10.0 Å². The highest BCUT2D eigenvalue weighted by molar-refractivity contribution is 7.89. The van der Waals surface area contributed by atoms with E-state index in [0.29, 0.717) is 5.56 Å². The minimum absolute atomic E-state index is 0.0777. The first-order valence-electron chi connectivity index (χ1n) is 10.5. The Morgan fingerprint density at radius 3 is 2.57 bits per heavy atom. The third-order valence-corrected chi connectivity index (χ3v) is 8.86. The molecule has 4 rings (SSSR count). The normalized spacial score (nSPS) is 19.3. The number of hydrogen-bond acceptors (Lipinski definition) is 7. The Balaban J connectivity index is 2.02. The molecule has 13 heteroatoms. The standard InChI is InChI=1S/C22H22ClFN4O6S/c1-10-8-9-14(24)16(11(10)2)12(3)17(19-25-26-22(31)34-19)28-21(23)27(4)15-7-5-6-13(20(29)30)18(15)35(28,32)33/h5-9,12,17,21H,1-4H3,(H,26,31)(H,29,30)/t12?,17-,21?/m0/s1. The molecular weight excluding hydrogens is 503 g/mol. The topological polar surface area (TPSA) is 137 Å². The first kappa shape index (κ1) is 24.9. The summed E-state index contributed by atoms with van der Waals surface area (Å²) in [6.45, 7) is 5.02. The molecule has 1 aromatic heterocycles. The Hall–Kier alpha value is -3.22. The van der Waals surface area contributed by atoms with Crippen LogP contribution < -0.4 is 10.7 Å². The molecule has 1 aliphatic rings. The van der Waals surface area contributed by atoms with E-state index in [1.807, 2.05) is 0 Å². The molecule has 0 spiro atoms. The third-order valence-electron chi connectivity index (χ3n) is 6.31. The molecule has 186 valence electrons. The number of carboxylic acids is 1. The van der Waals surface area contributed by atoms with Crippen LogP contribution in [-0.4, -0.2) is 46.7 Å². The number of hydrogen-bond donors (Lipinski definition) is 2. The van der Waals surface area contributed by atoms with Crippen LogP contribution in [0.15, 0.2) is 44.4 Å². The quantitative estimate of drug-likeness (QED) is 0.383. The van der Waals surface area contributed by atoms with Crippen molar-refractivity contribution < 1.29 is 27.1 Å². The third kappa shape index (κ3) is 3.91. The van der Waals surface area contributed by atoms with Gasteiger partial charge in [0.25, 0.3) is 0 Å². The number of H-pyrrole nitrogens is 1. The summed E-state index contributed by atoms with van der Waals surface area (Å²) < 4.78 is 49.0. The van der Waals surface area contributed by atoms with Crippen molar-refractivity contribution in [3.63, 3.8) is 0 Å². The zero-order chi connectivity index (χ0) is 25.8. The van der Waals surface area contributed by atoms with E-state index in [9.17, 15) is 23.1 Å². The number of aromatic nitrogens is 2. The molecule has 0 aliphatic carbocycles. The number of rotatable bonds is 5. The average molecular weight is 525 g/mol. The van der Waals surface area contributed by atoms with Crippen molar-refractivity contribution in [3.8, 4) is 0 Å². The summed E-state index contributed by atoms with van der Waals surface area (Å²) in [4.78, 5) is 24.6. The second-order valence-corrected chi connectivity index (χ2v) is 10.5. The summed E-state index contributed by atoms with van der Waals surface area (Å²) in [5.41, 5.74) is -0.264. The summed E-state index contributed by atoms with van der Waals surface area (Å²) in [5, 5.41) is 15.6. The fourth-order valence-corrected chi connectivity index (χ4v) is 7.07. The second kappa shape index (κ2) is 8.77. The minimum Gasteiger partial charge on any atom is -0.478 e. The van der Waals surface area contributed by atoms with Gasteiger partial charge in [0.15, 0.2) is 5.62 Å². The molecule has 0 radical (unpaired) electrons. The molecule has 0 saturated carbocycles. The van der Waals surface area contributed by atoms with Gasteiger partial charge in [-0.2, -0.15) is 0 Å². The van der Waals surface area contributed by atoms with E-state index in [1.165, 1.54) is 30.1 Å². The predicted octanol–water partition coefficient (Wildman–Crippen LogP) is 3.32. The number of fused-ring (bicyclic) bond motifs is 1. The van der Waals surface area contributed by atoms with Gasteiger partial charge in [-0.05, 0) is 48.7 Å². The highest BCUT2D eigenvalue weighted by Gasteiger charge is 2.50. The molecular formula is C22H22ClFN4O6S. The van der Waals surface area contributed by atoms with Gasteiger partial charge in [-0.25, -0.2) is 27.5 Å². The maximum Gasteiger partial charge on any atom is 0.434 e. The Labute approximate surface area is 205 Å². The van der Waals surface area contributed by atoms with Crippen molar-refractivity contribution in [2.45, 2.75) is 43.3 Å². The van der Waals surface area contributed by atoms with Crippen molar-refractivity contribution in [2.24, 2.45) is 0 Å². The van der Waals surface area contributed by atoms with Gasteiger partial charge in [0.2, 0.25) is 15.9 Å². The van der Waals surface area contributed by atoms with Crippen LogP contribution in [0.1, 0.15) is 51.8 Å². The lowest BCUT2D eigenvalue weighted by Gasteiger charge is -2.44. The first-order valence-corrected chi connectivity index (χ1v) is 12.3. The van der Waals surface area contributed by atoms with Crippen LogP contribution in [0.3, 0.4) is 0 Å². The van der Waals surface area contributed by atoms with E-state index in [1.54, 1.807) is 26.8 Å². The highest BCUT2D eigenvalue weighted by Crippen LogP contribution is 2.47. The molecule has 2 heterocycles. The first-order chi connectivity index (χ1) is 16.4. The highest BCUT2D eigenvalue weighted by atomic mass is 35.5. The summed E-state index contributed by atoms with van der Waals surface area (Å²) in [7, 11) is -3.14. The Morgan fingerprint density at radius 1 is 1.29 bits per heavy atom. The number of aromatic amines is 1. The van der Waals surface area contributed by atoms with Crippen LogP contribution in [0.25, 0.3) is 0 Å². The number of anilines is 1. The summed E-state index contributed by atoms with van der Waals surface area (Å²) in [5.74, 6) is -4.29. The molecule has 0 fully saturated rings. The molecule has 10 nitrogen and oxygen atoms in total. The molecule has 3 aromatic rings. The molecule has 3 atom stereocenters. The number of sulfonamides is 1. The maximum atomic E-state index is 15.1. The molecule has 35 heavy (non-hydrogen) atoms. The molecule has 2 unspecified atom stereocenters. The number of benzene rings is 2. The maximum absolute atomic E-state index is 15.1. The largest absolute Gasteiger partial charge is 0.478 e. The van der Waals surface area contributed by atoms with Crippen molar-refractivity contribution in [2.75, 3.05) is 11.9 Å². The SMILES string of the molecule is Cc1ccc(F)c(C(C)[C@@H](c2n[nH]c(=O)o2)N2C(Cl)N(C)c3cccc(C(=O)O)c3S2(=O)=O)c1C. The zero-order valence-corrected chi connectivity index (χ0v) is 20.7.